The lowest BCUT2D eigenvalue weighted by molar-refractivity contribution is 0.0943. The average molecular weight is 269 g/mol. The lowest BCUT2D eigenvalue weighted by atomic mass is 10.3. The van der Waals surface area contributed by atoms with E-state index in [4.69, 9.17) is 4.42 Å². The maximum Gasteiger partial charge on any atom is 0.271 e. The second-order valence-corrected chi connectivity index (χ2v) is 4.79. The first kappa shape index (κ1) is 12.5. The summed E-state index contributed by atoms with van der Waals surface area (Å²) in [5.74, 6) is 1.35. The third-order valence-corrected chi connectivity index (χ3v) is 3.05. The molecule has 0 aliphatic carbocycles. The molecule has 20 heavy (non-hydrogen) atoms. The van der Waals surface area contributed by atoms with Crippen LogP contribution in [0.3, 0.4) is 0 Å². The van der Waals surface area contributed by atoms with E-state index in [9.17, 15) is 4.79 Å². The Hall–Kier alpha value is -2.56. The van der Waals surface area contributed by atoms with Gasteiger partial charge in [0.1, 0.15) is 22.9 Å². The first-order valence-electron chi connectivity index (χ1n) is 6.41. The van der Waals surface area contributed by atoms with E-state index in [2.05, 4.69) is 10.3 Å². The molecule has 0 radical (unpaired) electrons. The molecule has 0 bridgehead atoms. The van der Waals surface area contributed by atoms with Crippen LogP contribution < -0.4 is 5.32 Å². The molecule has 0 spiro atoms. The van der Waals surface area contributed by atoms with Crippen molar-refractivity contribution in [1.82, 2.24) is 14.7 Å². The third-order valence-electron chi connectivity index (χ3n) is 3.05. The standard InChI is InChI=1S/C15H15N3O2/c1-10-3-6-14-17-13(9-18(14)8-10)15(19)16-7-12-5-4-11(2)20-12/h3-6,8-9H,7H2,1-2H3,(H,16,19). The number of nitrogens with one attached hydrogen (secondary N) is 1. The van der Waals surface area contributed by atoms with Crippen LogP contribution in [0.1, 0.15) is 27.6 Å². The Balaban J connectivity index is 1.75. The van der Waals surface area contributed by atoms with Crippen molar-refractivity contribution in [1.29, 1.82) is 0 Å². The van der Waals surface area contributed by atoms with Crippen molar-refractivity contribution in [3.63, 3.8) is 0 Å². The molecule has 0 aliphatic heterocycles. The second-order valence-electron chi connectivity index (χ2n) is 4.79. The van der Waals surface area contributed by atoms with Gasteiger partial charge in [-0.15, -0.1) is 0 Å². The van der Waals surface area contributed by atoms with Crippen molar-refractivity contribution in [3.8, 4) is 0 Å². The van der Waals surface area contributed by atoms with Gasteiger partial charge in [0.2, 0.25) is 0 Å². The summed E-state index contributed by atoms with van der Waals surface area (Å²) in [5.41, 5.74) is 2.28. The minimum Gasteiger partial charge on any atom is -0.465 e. The molecule has 0 fully saturated rings. The molecule has 3 aromatic rings. The van der Waals surface area contributed by atoms with E-state index in [0.717, 1.165) is 22.7 Å². The average Bonchev–Trinajstić information content (AvgIpc) is 3.01. The summed E-state index contributed by atoms with van der Waals surface area (Å²) >= 11 is 0. The molecular weight excluding hydrogens is 254 g/mol. The molecule has 0 unspecified atom stereocenters. The third kappa shape index (κ3) is 2.42. The Morgan fingerprint density at radius 2 is 2.10 bits per heavy atom. The predicted molar refractivity (Wildman–Crippen MR) is 74.5 cm³/mol. The van der Waals surface area contributed by atoms with Gasteiger partial charge in [0.15, 0.2) is 0 Å². The van der Waals surface area contributed by atoms with Crippen molar-refractivity contribution < 1.29 is 9.21 Å². The molecule has 0 aromatic carbocycles. The molecule has 0 saturated carbocycles. The zero-order chi connectivity index (χ0) is 14.1. The van der Waals surface area contributed by atoms with Crippen LogP contribution in [-0.2, 0) is 6.54 Å². The number of imidazole rings is 1. The van der Waals surface area contributed by atoms with Gasteiger partial charge >= 0.3 is 0 Å². The van der Waals surface area contributed by atoms with Crippen LogP contribution in [0.25, 0.3) is 5.65 Å². The van der Waals surface area contributed by atoms with Crippen molar-refractivity contribution in [2.24, 2.45) is 0 Å². The Kier molecular flexibility index (Phi) is 3.02. The molecule has 0 aliphatic rings. The zero-order valence-corrected chi connectivity index (χ0v) is 11.4. The van der Waals surface area contributed by atoms with E-state index >= 15 is 0 Å². The Morgan fingerprint density at radius 1 is 1.25 bits per heavy atom. The first-order valence-corrected chi connectivity index (χ1v) is 6.41. The largest absolute Gasteiger partial charge is 0.465 e. The monoisotopic (exact) mass is 269 g/mol. The highest BCUT2D eigenvalue weighted by atomic mass is 16.3. The molecule has 1 N–H and O–H groups in total. The number of fused-ring (bicyclic) bond motifs is 1. The highest BCUT2D eigenvalue weighted by Gasteiger charge is 2.11. The van der Waals surface area contributed by atoms with E-state index in [1.807, 2.05) is 48.7 Å². The summed E-state index contributed by atoms with van der Waals surface area (Å²) in [5, 5.41) is 2.80. The van der Waals surface area contributed by atoms with Gasteiger partial charge in [-0.05, 0) is 37.6 Å². The molecule has 3 aromatic heterocycles. The lowest BCUT2D eigenvalue weighted by Crippen LogP contribution is -2.22. The van der Waals surface area contributed by atoms with Gasteiger partial charge in [-0.25, -0.2) is 4.98 Å². The van der Waals surface area contributed by atoms with Crippen LogP contribution in [0.15, 0.2) is 41.1 Å². The number of carbonyl (C=O) groups is 1. The van der Waals surface area contributed by atoms with E-state index < -0.39 is 0 Å². The maximum absolute atomic E-state index is 12.1. The van der Waals surface area contributed by atoms with Crippen LogP contribution in [0, 0.1) is 13.8 Å². The van der Waals surface area contributed by atoms with Gasteiger partial charge in [-0.3, -0.25) is 4.79 Å². The number of aromatic nitrogens is 2. The van der Waals surface area contributed by atoms with Crippen molar-refractivity contribution >= 4 is 11.6 Å². The molecule has 5 nitrogen and oxygen atoms in total. The summed E-state index contributed by atoms with van der Waals surface area (Å²) < 4.78 is 7.25. The number of hydrogen-bond donors (Lipinski definition) is 1. The van der Waals surface area contributed by atoms with Gasteiger partial charge in [0.25, 0.3) is 5.91 Å². The molecule has 1 amide bonds. The minimum atomic E-state index is -0.208. The van der Waals surface area contributed by atoms with E-state index in [1.54, 1.807) is 6.20 Å². The van der Waals surface area contributed by atoms with E-state index in [0.29, 0.717) is 12.2 Å². The predicted octanol–water partition coefficient (Wildman–Crippen LogP) is 2.47. The number of aryl methyl sites for hydroxylation is 2. The number of furan rings is 1. The summed E-state index contributed by atoms with van der Waals surface area (Å²) in [7, 11) is 0. The van der Waals surface area contributed by atoms with Gasteiger partial charge in [0.05, 0.1) is 6.54 Å². The molecule has 102 valence electrons. The van der Waals surface area contributed by atoms with Crippen molar-refractivity contribution in [2.45, 2.75) is 20.4 Å². The molecule has 0 atom stereocenters. The smallest absolute Gasteiger partial charge is 0.271 e. The summed E-state index contributed by atoms with van der Waals surface area (Å²) in [6.07, 6.45) is 3.67. The molecule has 3 heterocycles. The molecule has 3 rings (SSSR count). The Bertz CT molecular complexity index is 770. The van der Waals surface area contributed by atoms with Crippen LogP contribution in [0.2, 0.25) is 0 Å². The van der Waals surface area contributed by atoms with Crippen LogP contribution in [0.4, 0.5) is 0 Å². The number of hydrogen-bond acceptors (Lipinski definition) is 3. The number of pyridine rings is 1. The Morgan fingerprint density at radius 3 is 2.85 bits per heavy atom. The van der Waals surface area contributed by atoms with Gasteiger partial charge in [0, 0.05) is 12.4 Å². The Labute approximate surface area is 116 Å². The van der Waals surface area contributed by atoms with Crippen molar-refractivity contribution in [2.75, 3.05) is 0 Å². The number of rotatable bonds is 3. The fourth-order valence-electron chi connectivity index (χ4n) is 2.05. The topological polar surface area (TPSA) is 59.5 Å². The quantitative estimate of drug-likeness (QED) is 0.794. The normalized spacial score (nSPS) is 10.9. The first-order chi connectivity index (χ1) is 9.61. The maximum atomic E-state index is 12.1. The number of carbonyl (C=O) groups excluding carboxylic acids is 1. The second kappa shape index (κ2) is 4.85. The van der Waals surface area contributed by atoms with Crippen LogP contribution >= 0.6 is 0 Å². The summed E-state index contributed by atoms with van der Waals surface area (Å²) in [6.45, 7) is 4.23. The zero-order valence-electron chi connectivity index (χ0n) is 11.4. The van der Waals surface area contributed by atoms with Crippen LogP contribution in [0.5, 0.6) is 0 Å². The highest BCUT2D eigenvalue weighted by Crippen LogP contribution is 2.09. The lowest BCUT2D eigenvalue weighted by Gasteiger charge is -1.99. The van der Waals surface area contributed by atoms with Gasteiger partial charge < -0.3 is 14.1 Å². The molecular formula is C15H15N3O2. The summed E-state index contributed by atoms with van der Waals surface area (Å²) in [6, 6.07) is 7.58. The molecule has 0 saturated heterocycles. The van der Waals surface area contributed by atoms with Crippen molar-refractivity contribution in [3.05, 3.63) is 59.4 Å². The van der Waals surface area contributed by atoms with Gasteiger partial charge in [-0.2, -0.15) is 0 Å². The van der Waals surface area contributed by atoms with Gasteiger partial charge in [-0.1, -0.05) is 6.07 Å². The molecule has 5 heteroatoms. The summed E-state index contributed by atoms with van der Waals surface area (Å²) in [4.78, 5) is 16.3. The van der Waals surface area contributed by atoms with Crippen LogP contribution in [-0.4, -0.2) is 15.3 Å². The highest BCUT2D eigenvalue weighted by molar-refractivity contribution is 5.92. The SMILES string of the molecule is Cc1ccc2nc(C(=O)NCc3ccc(C)o3)cn2c1. The fourth-order valence-corrected chi connectivity index (χ4v) is 2.05. The van der Waals surface area contributed by atoms with E-state index in [-0.39, 0.29) is 5.91 Å². The number of amides is 1. The minimum absolute atomic E-state index is 0.208. The fraction of sp³-hybridized carbons (Fsp3) is 0.200. The number of nitrogens with zero attached hydrogens (tertiary/aromatic N) is 2. The van der Waals surface area contributed by atoms with E-state index in [1.165, 1.54) is 0 Å².